The molecule has 1 atom stereocenters. The minimum Gasteiger partial charge on any atom is -0.478 e. The zero-order valence-corrected chi connectivity index (χ0v) is 12.3. The predicted molar refractivity (Wildman–Crippen MR) is 79.4 cm³/mol. The van der Waals surface area contributed by atoms with Gasteiger partial charge in [-0.2, -0.15) is 0 Å². The highest BCUT2D eigenvalue weighted by molar-refractivity contribution is 6.30. The van der Waals surface area contributed by atoms with Gasteiger partial charge in [0.1, 0.15) is 5.56 Å². The molecule has 110 valence electrons. The van der Waals surface area contributed by atoms with E-state index in [0.717, 1.165) is 11.6 Å². The number of carbonyl (C=O) groups is 1. The van der Waals surface area contributed by atoms with Gasteiger partial charge in [-0.1, -0.05) is 23.7 Å². The zero-order chi connectivity index (χ0) is 15.6. The van der Waals surface area contributed by atoms with E-state index in [1.165, 1.54) is 6.20 Å². The standard InChI is InChI=1S/C15H14ClFN2O2/c1-9(10-3-5-11(16)6-4-10)19(2)14-13(17)12(15(20)21)7-8-18-14/h3-9H,1-2H3,(H,20,21). The Bertz CT molecular complexity index is 661. The fourth-order valence-corrected chi connectivity index (χ4v) is 2.12. The van der Waals surface area contributed by atoms with Crippen LogP contribution in [0.15, 0.2) is 36.5 Å². The maximum absolute atomic E-state index is 14.2. The van der Waals surface area contributed by atoms with Gasteiger partial charge < -0.3 is 10.0 Å². The van der Waals surface area contributed by atoms with Crippen molar-refractivity contribution in [2.45, 2.75) is 13.0 Å². The van der Waals surface area contributed by atoms with Gasteiger partial charge in [0.05, 0.1) is 6.04 Å². The Morgan fingerprint density at radius 3 is 2.52 bits per heavy atom. The molecule has 4 nitrogen and oxygen atoms in total. The zero-order valence-electron chi connectivity index (χ0n) is 11.5. The maximum Gasteiger partial charge on any atom is 0.338 e. The molecule has 1 aromatic carbocycles. The van der Waals surface area contributed by atoms with Crippen LogP contribution in [-0.4, -0.2) is 23.1 Å². The average Bonchev–Trinajstić information content (AvgIpc) is 2.46. The van der Waals surface area contributed by atoms with Crippen molar-refractivity contribution in [3.8, 4) is 0 Å². The number of nitrogens with zero attached hydrogens (tertiary/aromatic N) is 2. The van der Waals surface area contributed by atoms with Crippen LogP contribution in [0.25, 0.3) is 0 Å². The Morgan fingerprint density at radius 1 is 1.33 bits per heavy atom. The fourth-order valence-electron chi connectivity index (χ4n) is 1.99. The van der Waals surface area contributed by atoms with Gasteiger partial charge in [0.15, 0.2) is 11.6 Å². The smallest absolute Gasteiger partial charge is 0.338 e. The van der Waals surface area contributed by atoms with E-state index in [0.29, 0.717) is 5.02 Å². The van der Waals surface area contributed by atoms with Crippen molar-refractivity contribution in [1.29, 1.82) is 0 Å². The van der Waals surface area contributed by atoms with E-state index in [9.17, 15) is 9.18 Å². The summed E-state index contributed by atoms with van der Waals surface area (Å²) in [5.74, 6) is -2.16. The number of hydrogen-bond acceptors (Lipinski definition) is 3. The van der Waals surface area contributed by atoms with Crippen LogP contribution < -0.4 is 4.90 Å². The van der Waals surface area contributed by atoms with E-state index < -0.39 is 17.3 Å². The third kappa shape index (κ3) is 3.13. The summed E-state index contributed by atoms with van der Waals surface area (Å²) in [7, 11) is 1.66. The predicted octanol–water partition coefficient (Wildman–Crippen LogP) is 3.77. The molecule has 0 aliphatic rings. The average molecular weight is 309 g/mol. The Kier molecular flexibility index (Phi) is 4.43. The Labute approximate surface area is 126 Å². The molecule has 0 saturated carbocycles. The van der Waals surface area contributed by atoms with Crippen molar-refractivity contribution in [3.05, 3.63) is 58.5 Å². The number of halogens is 2. The number of carboxylic acid groups (broad SMARTS) is 1. The molecule has 2 aromatic rings. The minimum atomic E-state index is -1.32. The third-order valence-electron chi connectivity index (χ3n) is 3.37. The number of aromatic nitrogens is 1. The van der Waals surface area contributed by atoms with Crippen LogP contribution in [0.5, 0.6) is 0 Å². The van der Waals surface area contributed by atoms with Gasteiger partial charge in [0.25, 0.3) is 0 Å². The summed E-state index contributed by atoms with van der Waals surface area (Å²) < 4.78 is 14.2. The molecular formula is C15H14ClFN2O2. The van der Waals surface area contributed by atoms with Crippen molar-refractivity contribution in [3.63, 3.8) is 0 Å². The fraction of sp³-hybridized carbons (Fsp3) is 0.200. The number of anilines is 1. The molecule has 2 rings (SSSR count). The second-order valence-corrected chi connectivity index (χ2v) is 5.08. The molecule has 1 heterocycles. The Hall–Kier alpha value is -2.14. The van der Waals surface area contributed by atoms with Crippen LogP contribution in [-0.2, 0) is 0 Å². The first kappa shape index (κ1) is 15.3. The molecule has 0 spiro atoms. The van der Waals surface area contributed by atoms with E-state index in [2.05, 4.69) is 4.98 Å². The van der Waals surface area contributed by atoms with Crippen LogP contribution in [0.3, 0.4) is 0 Å². The quantitative estimate of drug-likeness (QED) is 0.934. The van der Waals surface area contributed by atoms with E-state index in [1.807, 2.05) is 19.1 Å². The highest BCUT2D eigenvalue weighted by Crippen LogP contribution is 2.27. The van der Waals surface area contributed by atoms with Gasteiger partial charge in [-0.15, -0.1) is 0 Å². The largest absolute Gasteiger partial charge is 0.478 e. The van der Waals surface area contributed by atoms with E-state index in [1.54, 1.807) is 24.1 Å². The topological polar surface area (TPSA) is 53.4 Å². The van der Waals surface area contributed by atoms with Gasteiger partial charge in [-0.3, -0.25) is 0 Å². The normalized spacial score (nSPS) is 12.0. The van der Waals surface area contributed by atoms with Crippen molar-refractivity contribution >= 4 is 23.4 Å². The van der Waals surface area contributed by atoms with Crippen LogP contribution >= 0.6 is 11.6 Å². The van der Waals surface area contributed by atoms with Gasteiger partial charge in [0.2, 0.25) is 0 Å². The Morgan fingerprint density at radius 2 is 1.95 bits per heavy atom. The molecule has 1 aromatic heterocycles. The van der Waals surface area contributed by atoms with Gasteiger partial charge in [-0.25, -0.2) is 14.2 Å². The number of carboxylic acids is 1. The highest BCUT2D eigenvalue weighted by atomic mass is 35.5. The van der Waals surface area contributed by atoms with Gasteiger partial charge in [0, 0.05) is 18.3 Å². The third-order valence-corrected chi connectivity index (χ3v) is 3.62. The number of benzene rings is 1. The van der Waals surface area contributed by atoms with Crippen molar-refractivity contribution in [2.75, 3.05) is 11.9 Å². The second-order valence-electron chi connectivity index (χ2n) is 4.64. The lowest BCUT2D eigenvalue weighted by molar-refractivity contribution is 0.0691. The number of rotatable bonds is 4. The first-order valence-electron chi connectivity index (χ1n) is 6.28. The number of aromatic carboxylic acids is 1. The number of hydrogen-bond donors (Lipinski definition) is 1. The lowest BCUT2D eigenvalue weighted by Crippen LogP contribution is -2.24. The lowest BCUT2D eigenvalue weighted by Gasteiger charge is -2.27. The molecule has 0 saturated heterocycles. The lowest BCUT2D eigenvalue weighted by atomic mass is 10.1. The maximum atomic E-state index is 14.2. The summed E-state index contributed by atoms with van der Waals surface area (Å²) in [5.41, 5.74) is 0.527. The summed E-state index contributed by atoms with van der Waals surface area (Å²) >= 11 is 5.84. The van der Waals surface area contributed by atoms with Crippen molar-refractivity contribution < 1.29 is 14.3 Å². The number of pyridine rings is 1. The monoisotopic (exact) mass is 308 g/mol. The first-order valence-corrected chi connectivity index (χ1v) is 6.65. The molecule has 1 unspecified atom stereocenters. The van der Waals surface area contributed by atoms with Crippen LogP contribution in [0.1, 0.15) is 28.9 Å². The summed E-state index contributed by atoms with van der Waals surface area (Å²) in [6, 6.07) is 8.12. The highest BCUT2D eigenvalue weighted by Gasteiger charge is 2.21. The van der Waals surface area contributed by atoms with Gasteiger partial charge in [-0.05, 0) is 30.7 Å². The van der Waals surface area contributed by atoms with E-state index >= 15 is 0 Å². The Balaban J connectivity index is 2.35. The second kappa shape index (κ2) is 6.10. The molecule has 0 bridgehead atoms. The molecule has 0 aliphatic carbocycles. The van der Waals surface area contributed by atoms with E-state index in [4.69, 9.17) is 16.7 Å². The van der Waals surface area contributed by atoms with Crippen LogP contribution in [0.4, 0.5) is 10.2 Å². The molecule has 1 N–H and O–H groups in total. The molecule has 6 heteroatoms. The molecule has 0 fully saturated rings. The minimum absolute atomic E-state index is 0.00245. The molecule has 0 aliphatic heterocycles. The van der Waals surface area contributed by atoms with Crippen LogP contribution in [0.2, 0.25) is 5.02 Å². The van der Waals surface area contributed by atoms with Crippen molar-refractivity contribution in [1.82, 2.24) is 4.98 Å². The van der Waals surface area contributed by atoms with Crippen molar-refractivity contribution in [2.24, 2.45) is 0 Å². The SMILES string of the molecule is CC(c1ccc(Cl)cc1)N(C)c1nccc(C(=O)O)c1F. The molecule has 0 amide bonds. The summed E-state index contributed by atoms with van der Waals surface area (Å²) in [6.45, 7) is 1.87. The van der Waals surface area contributed by atoms with E-state index in [-0.39, 0.29) is 11.9 Å². The first-order chi connectivity index (χ1) is 9.91. The van der Waals surface area contributed by atoms with Crippen LogP contribution in [0, 0.1) is 5.82 Å². The molecule has 0 radical (unpaired) electrons. The molecule has 21 heavy (non-hydrogen) atoms. The molecular weight excluding hydrogens is 295 g/mol. The summed E-state index contributed by atoms with van der Waals surface area (Å²) in [5, 5.41) is 9.57. The van der Waals surface area contributed by atoms with Gasteiger partial charge >= 0.3 is 5.97 Å². The summed E-state index contributed by atoms with van der Waals surface area (Å²) in [4.78, 5) is 16.5. The summed E-state index contributed by atoms with van der Waals surface area (Å²) in [6.07, 6.45) is 1.28.